The predicted molar refractivity (Wildman–Crippen MR) is 283 cm³/mol. The predicted octanol–water partition coefficient (Wildman–Crippen LogP) is 16.6. The van der Waals surface area contributed by atoms with Gasteiger partial charge in [0.25, 0.3) is 0 Å². The van der Waals surface area contributed by atoms with E-state index in [0.29, 0.717) is 11.8 Å². The van der Waals surface area contributed by atoms with Crippen molar-refractivity contribution in [2.24, 2.45) is 11.8 Å². The molecule has 0 N–H and O–H groups in total. The maximum atomic E-state index is 3.83. The molecule has 0 amide bonds. The van der Waals surface area contributed by atoms with E-state index in [1.165, 1.54) is 88.4 Å². The van der Waals surface area contributed by atoms with Crippen LogP contribution in [0.1, 0.15) is 12.8 Å². The minimum atomic E-state index is 0.444. The number of nitrogens with zero attached hydrogens (tertiary/aromatic N) is 3. The van der Waals surface area contributed by atoms with Crippen molar-refractivity contribution in [3.8, 4) is 33.4 Å². The van der Waals surface area contributed by atoms with Crippen molar-refractivity contribution in [3.63, 3.8) is 0 Å². The van der Waals surface area contributed by atoms with E-state index >= 15 is 0 Å². The highest BCUT2D eigenvalue weighted by molar-refractivity contribution is 6.15. The molecule has 320 valence electrons. The van der Waals surface area contributed by atoms with Crippen LogP contribution in [0.15, 0.2) is 243 Å². The molecule has 2 atom stereocenters. The van der Waals surface area contributed by atoms with Gasteiger partial charge in [0.1, 0.15) is 0 Å². The molecule has 3 heteroatoms. The average molecular weight is 852 g/mol. The molecule has 0 aliphatic heterocycles. The number of rotatable bonds is 13. The van der Waals surface area contributed by atoms with E-state index in [0.717, 1.165) is 32.5 Å². The molecule has 0 saturated heterocycles. The lowest BCUT2D eigenvalue weighted by atomic mass is 9.91. The van der Waals surface area contributed by atoms with E-state index in [-0.39, 0.29) is 0 Å². The summed E-state index contributed by atoms with van der Waals surface area (Å²) in [5.41, 5.74) is 14.6. The first kappa shape index (κ1) is 40.9. The average Bonchev–Trinajstić information content (AvgIpc) is 3.88. The lowest BCUT2D eigenvalue weighted by molar-refractivity contribution is 0.554. The zero-order valence-electron chi connectivity index (χ0n) is 37.3. The summed E-state index contributed by atoms with van der Waals surface area (Å²) < 4.78 is 5.00. The van der Waals surface area contributed by atoms with Crippen molar-refractivity contribution in [3.05, 3.63) is 243 Å². The van der Waals surface area contributed by atoms with Gasteiger partial charge in [-0.25, -0.2) is 0 Å². The summed E-state index contributed by atoms with van der Waals surface area (Å²) in [6.07, 6.45) is 30.2. The van der Waals surface area contributed by atoms with Gasteiger partial charge in [-0.15, -0.1) is 0 Å². The van der Waals surface area contributed by atoms with Crippen LogP contribution in [0, 0.1) is 11.8 Å². The van der Waals surface area contributed by atoms with Crippen molar-refractivity contribution < 1.29 is 0 Å². The molecule has 2 aromatic heterocycles. The highest BCUT2D eigenvalue weighted by Crippen LogP contribution is 2.42. The van der Waals surface area contributed by atoms with Crippen LogP contribution in [0.3, 0.4) is 0 Å². The largest absolute Gasteiger partial charge is 0.341 e. The van der Waals surface area contributed by atoms with Gasteiger partial charge in [-0.1, -0.05) is 177 Å². The number of aromatic nitrogens is 2. The van der Waals surface area contributed by atoms with Crippen LogP contribution in [0.5, 0.6) is 0 Å². The molecule has 2 aliphatic rings. The van der Waals surface area contributed by atoms with E-state index in [4.69, 9.17) is 0 Å². The van der Waals surface area contributed by atoms with E-state index in [1.54, 1.807) is 0 Å². The number of hydrogen-bond acceptors (Lipinski definition) is 1. The molecule has 7 aromatic carbocycles. The van der Waals surface area contributed by atoms with Gasteiger partial charge in [-0.05, 0) is 125 Å². The quantitative estimate of drug-likeness (QED) is 0.105. The van der Waals surface area contributed by atoms with E-state index in [9.17, 15) is 0 Å². The van der Waals surface area contributed by atoms with Crippen molar-refractivity contribution in [1.29, 1.82) is 0 Å². The second-order valence-electron chi connectivity index (χ2n) is 17.6. The van der Waals surface area contributed by atoms with E-state index in [1.807, 2.05) is 18.2 Å². The Morgan fingerprint density at radius 3 is 1.88 bits per heavy atom. The number of anilines is 2. The molecule has 0 bridgehead atoms. The summed E-state index contributed by atoms with van der Waals surface area (Å²) in [7, 11) is 0. The van der Waals surface area contributed by atoms with Gasteiger partial charge in [0.2, 0.25) is 0 Å². The fourth-order valence-corrected chi connectivity index (χ4v) is 10.3. The fourth-order valence-electron chi connectivity index (χ4n) is 10.3. The Bertz CT molecular complexity index is 3420. The normalized spacial score (nSPS) is 15.9. The third-order valence-corrected chi connectivity index (χ3v) is 13.5. The minimum absolute atomic E-state index is 0.444. The topological polar surface area (TPSA) is 13.1 Å². The Morgan fingerprint density at radius 1 is 0.485 bits per heavy atom. The molecule has 2 heterocycles. The summed E-state index contributed by atoms with van der Waals surface area (Å²) in [6, 6.07) is 59.0. The van der Waals surface area contributed by atoms with Gasteiger partial charge in [-0.2, -0.15) is 0 Å². The van der Waals surface area contributed by atoms with Crippen molar-refractivity contribution in [1.82, 2.24) is 9.13 Å². The maximum absolute atomic E-state index is 3.83. The molecule has 9 aromatic rings. The molecular weight excluding hydrogens is 799 g/mol. The Balaban J connectivity index is 1.07. The van der Waals surface area contributed by atoms with Crippen molar-refractivity contribution in [2.45, 2.75) is 25.9 Å². The zero-order valence-corrected chi connectivity index (χ0v) is 37.3. The standard InChI is InChI=1S/C63H53N3/c1-2-3-4-5-19-39-64-60-31-18-16-28-58(60)63-55(29-20-32-61(63)64)52-41-50(48-33-36-54(37-34-48)65(53-25-13-8-14-26-53)44-46-21-9-6-10-22-46)40-51(42-52)49-35-38-57-56-27-15-17-30-59(56)66(62(57)43-49)45-47-23-11-7-12-24-47/h2-21,23,25-38,40-43,46-47H,1,22,24,39,44-45H2/b4-3-,19-5-. The zero-order chi connectivity index (χ0) is 44.2. The van der Waals surface area contributed by atoms with Gasteiger partial charge in [0.15, 0.2) is 0 Å². The minimum Gasteiger partial charge on any atom is -0.341 e. The molecule has 0 radical (unpaired) electrons. The summed E-state index contributed by atoms with van der Waals surface area (Å²) in [4.78, 5) is 2.47. The van der Waals surface area contributed by atoms with Gasteiger partial charge in [-0.3, -0.25) is 0 Å². The molecular formula is C63H53N3. The molecule has 0 fully saturated rings. The van der Waals surface area contributed by atoms with Gasteiger partial charge >= 0.3 is 0 Å². The summed E-state index contributed by atoms with van der Waals surface area (Å²) in [5, 5.41) is 5.14. The second-order valence-corrected chi connectivity index (χ2v) is 17.6. The first-order chi connectivity index (χ1) is 32.7. The van der Waals surface area contributed by atoms with Gasteiger partial charge < -0.3 is 14.0 Å². The molecule has 0 saturated carbocycles. The van der Waals surface area contributed by atoms with Crippen LogP contribution in [-0.2, 0) is 13.1 Å². The molecule has 2 unspecified atom stereocenters. The van der Waals surface area contributed by atoms with Crippen LogP contribution in [0.25, 0.3) is 77.0 Å². The van der Waals surface area contributed by atoms with Crippen LogP contribution < -0.4 is 4.90 Å². The highest BCUT2D eigenvalue weighted by Gasteiger charge is 2.20. The molecule has 66 heavy (non-hydrogen) atoms. The summed E-state index contributed by atoms with van der Waals surface area (Å²) in [5.74, 6) is 0.894. The lowest BCUT2D eigenvalue weighted by Crippen LogP contribution is -2.24. The number of benzene rings is 7. The maximum Gasteiger partial charge on any atom is 0.0500 e. The number of para-hydroxylation sites is 3. The Morgan fingerprint density at radius 2 is 1.12 bits per heavy atom. The summed E-state index contributed by atoms with van der Waals surface area (Å²) >= 11 is 0. The Hall–Kier alpha value is -7.88. The van der Waals surface area contributed by atoms with Crippen LogP contribution in [0.2, 0.25) is 0 Å². The first-order valence-electron chi connectivity index (χ1n) is 23.4. The smallest absolute Gasteiger partial charge is 0.0500 e. The molecule has 11 rings (SSSR count). The van der Waals surface area contributed by atoms with E-state index in [2.05, 4.69) is 239 Å². The molecule has 2 aliphatic carbocycles. The number of hydrogen-bond donors (Lipinski definition) is 0. The van der Waals surface area contributed by atoms with E-state index < -0.39 is 0 Å². The monoisotopic (exact) mass is 851 g/mol. The first-order valence-corrected chi connectivity index (χ1v) is 23.4. The van der Waals surface area contributed by atoms with Crippen molar-refractivity contribution in [2.75, 3.05) is 11.4 Å². The fraction of sp³-hybridized carbons (Fsp3) is 0.111. The van der Waals surface area contributed by atoms with Crippen LogP contribution in [-0.4, -0.2) is 15.7 Å². The summed E-state index contributed by atoms with van der Waals surface area (Å²) in [6.45, 7) is 6.45. The number of allylic oxidation sites excluding steroid dienone is 12. The third-order valence-electron chi connectivity index (χ3n) is 13.5. The Kier molecular flexibility index (Phi) is 11.3. The third kappa shape index (κ3) is 7.99. The number of fused-ring (bicyclic) bond motifs is 6. The SMILES string of the molecule is C=C/C=C\C=C/Cn1c2ccccc2c2c(-c3cc(-c4ccc(N(CC5C=CC=CC5)c5ccccc5)cc4)cc(-c4ccc5c6ccccc6n(CC6C=CC=CC6)c5c4)c3)cccc21. The van der Waals surface area contributed by atoms with Gasteiger partial charge in [0, 0.05) is 69.1 Å². The lowest BCUT2D eigenvalue weighted by Gasteiger charge is -2.29. The second kappa shape index (κ2) is 18.3. The Labute approximate surface area is 388 Å². The van der Waals surface area contributed by atoms with Crippen LogP contribution >= 0.6 is 0 Å². The van der Waals surface area contributed by atoms with Gasteiger partial charge in [0.05, 0.1) is 5.52 Å². The molecule has 3 nitrogen and oxygen atoms in total. The molecule has 0 spiro atoms. The van der Waals surface area contributed by atoms with Crippen molar-refractivity contribution >= 4 is 55.0 Å². The van der Waals surface area contributed by atoms with Crippen LogP contribution in [0.4, 0.5) is 11.4 Å². The highest BCUT2D eigenvalue weighted by atomic mass is 15.1.